The number of anilines is 2. The van der Waals surface area contributed by atoms with Crippen LogP contribution in [-0.2, 0) is 11.2 Å². The van der Waals surface area contributed by atoms with E-state index >= 15 is 0 Å². The van der Waals surface area contributed by atoms with Crippen molar-refractivity contribution in [3.8, 4) is 0 Å². The van der Waals surface area contributed by atoms with Gasteiger partial charge >= 0.3 is 37.3 Å². The van der Waals surface area contributed by atoms with Crippen LogP contribution in [-0.4, -0.2) is 80.6 Å². The minimum absolute atomic E-state index is 0. The summed E-state index contributed by atoms with van der Waals surface area (Å²) in [6, 6.07) is 6.18. The number of allylic oxidation sites excluding steroid dienone is 2. The molecule has 7 nitrogen and oxygen atoms in total. The van der Waals surface area contributed by atoms with Crippen LogP contribution in [0.2, 0.25) is 0 Å². The molecule has 1 amide bonds. The second kappa shape index (κ2) is 19.6. The average molecular weight is 857 g/mol. The van der Waals surface area contributed by atoms with Gasteiger partial charge in [-0.15, -0.1) is 6.54 Å². The van der Waals surface area contributed by atoms with Crippen molar-refractivity contribution < 1.29 is 49.1 Å². The maximum absolute atomic E-state index is 14.4. The largest absolute Gasteiger partial charge is 2.00 e. The number of nitrogens with one attached hydrogen (secondary N) is 2. The standard InChI is InChI=1S/C34H53F3N6O.U/c1-9-13-15-31(39-24-33(6,7)25-42(12-4)32(44)14-10-2)29(34(35,36)37)23-38-26(5)40-30-17-16-28(22-27(30)11-3)43-20-18-41(8)19-21-43;/h15-17,22-23,39H,2,4,9-14,18-21,24-25H2,1,3,5-8H3,(H,38,40);/q-2;+2/b29-23+,31-15-;. The molecule has 0 saturated carbocycles. The zero-order valence-corrected chi connectivity index (χ0v) is 32.3. The van der Waals surface area contributed by atoms with Crippen molar-refractivity contribution in [2.24, 2.45) is 10.4 Å². The Balaban J connectivity index is 0.0000101. The molecule has 0 atom stereocenters. The van der Waals surface area contributed by atoms with Crippen LogP contribution in [0.1, 0.15) is 65.9 Å². The van der Waals surface area contributed by atoms with E-state index in [0.29, 0.717) is 38.1 Å². The predicted molar refractivity (Wildman–Crippen MR) is 178 cm³/mol. The number of rotatable bonds is 15. The Kier molecular flexibility index (Phi) is 17.9. The van der Waals surface area contributed by atoms with E-state index in [2.05, 4.69) is 65.4 Å². The van der Waals surface area contributed by atoms with Crippen LogP contribution in [0.25, 0.3) is 0 Å². The molecule has 0 radical (unpaired) electrons. The molecule has 1 aromatic carbocycles. The van der Waals surface area contributed by atoms with Gasteiger partial charge in [0.1, 0.15) is 5.84 Å². The van der Waals surface area contributed by atoms with Gasteiger partial charge in [-0.05, 0) is 62.4 Å². The quantitative estimate of drug-likeness (QED) is 0.0876. The molecule has 1 heterocycles. The number of amides is 1. The van der Waals surface area contributed by atoms with Crippen LogP contribution in [0.5, 0.6) is 0 Å². The van der Waals surface area contributed by atoms with E-state index in [-0.39, 0.29) is 55.8 Å². The second-order valence-corrected chi connectivity index (χ2v) is 12.2. The van der Waals surface area contributed by atoms with Gasteiger partial charge in [0.25, 0.3) is 0 Å². The fourth-order valence-corrected chi connectivity index (χ4v) is 5.01. The summed E-state index contributed by atoms with van der Waals surface area (Å²) in [6.07, 6.45) is 0.591. The molecule has 0 aromatic heterocycles. The fourth-order valence-electron chi connectivity index (χ4n) is 5.01. The Hall–Kier alpha value is -1.96. The van der Waals surface area contributed by atoms with Crippen molar-refractivity contribution in [1.82, 2.24) is 15.1 Å². The third-order valence-corrected chi connectivity index (χ3v) is 7.66. The molecule has 0 bridgehead atoms. The third kappa shape index (κ3) is 13.7. The summed E-state index contributed by atoms with van der Waals surface area (Å²) in [5.74, 6) is 0.303. The summed E-state index contributed by atoms with van der Waals surface area (Å²) in [6.45, 7) is 21.9. The zero-order chi connectivity index (χ0) is 32.9. The predicted octanol–water partition coefficient (Wildman–Crippen LogP) is 6.85. The van der Waals surface area contributed by atoms with Gasteiger partial charge in [0, 0.05) is 62.5 Å². The first-order valence-electron chi connectivity index (χ1n) is 15.7. The second-order valence-electron chi connectivity index (χ2n) is 12.2. The molecule has 1 aliphatic heterocycles. The Labute approximate surface area is 293 Å². The maximum Gasteiger partial charge on any atom is 2.00 e. The molecular formula is C34H53F3N6OU. The van der Waals surface area contributed by atoms with Gasteiger partial charge in [-0.25, -0.2) is 4.99 Å². The summed E-state index contributed by atoms with van der Waals surface area (Å²) in [5.41, 5.74) is 1.70. The van der Waals surface area contributed by atoms with Gasteiger partial charge in [-0.1, -0.05) is 40.2 Å². The number of likely N-dealkylation sites (N-methyl/N-ethyl adjacent to an activating group) is 1. The Morgan fingerprint density at radius 2 is 1.80 bits per heavy atom. The van der Waals surface area contributed by atoms with Crippen LogP contribution >= 0.6 is 0 Å². The average Bonchev–Trinajstić information content (AvgIpc) is 2.97. The van der Waals surface area contributed by atoms with Gasteiger partial charge < -0.3 is 39.2 Å². The number of alkyl halides is 3. The van der Waals surface area contributed by atoms with Crippen molar-refractivity contribution >= 4 is 23.1 Å². The number of piperazine rings is 1. The topological polar surface area (TPSA) is 63.2 Å². The molecule has 0 aliphatic carbocycles. The Morgan fingerprint density at radius 1 is 1.13 bits per heavy atom. The number of carbonyl (C=O) groups is 1. The number of hydrogen-bond acceptors (Lipinski definition) is 5. The van der Waals surface area contributed by atoms with Crippen molar-refractivity contribution in [3.05, 3.63) is 61.2 Å². The van der Waals surface area contributed by atoms with Crippen molar-refractivity contribution in [3.63, 3.8) is 0 Å². The molecular weight excluding hydrogens is 803 g/mol. The van der Waals surface area contributed by atoms with Crippen LogP contribution in [0.15, 0.2) is 46.7 Å². The number of aliphatic imine (C=N–C) groups is 1. The van der Waals surface area contributed by atoms with Crippen LogP contribution < -0.4 is 15.5 Å². The first kappa shape index (κ1) is 41.1. The fraction of sp³-hybridized carbons (Fsp3) is 0.588. The van der Waals surface area contributed by atoms with E-state index in [9.17, 15) is 18.0 Å². The van der Waals surface area contributed by atoms with Gasteiger partial charge in [-0.3, -0.25) is 4.79 Å². The number of nitrogens with zero attached hydrogens (tertiary/aromatic N) is 4. The van der Waals surface area contributed by atoms with Gasteiger partial charge in [0.15, 0.2) is 0 Å². The molecule has 11 heteroatoms. The Bertz CT molecular complexity index is 1160. The number of hydrogen-bond donors (Lipinski definition) is 2. The normalized spacial score (nSPS) is 15.5. The smallest absolute Gasteiger partial charge is 0.384 e. The zero-order valence-electron chi connectivity index (χ0n) is 28.1. The number of benzene rings is 1. The molecule has 0 spiro atoms. The number of aryl methyl sites for hydroxylation is 1. The summed E-state index contributed by atoms with van der Waals surface area (Å²) >= 11 is 0. The maximum atomic E-state index is 14.4. The van der Waals surface area contributed by atoms with Crippen LogP contribution in [0, 0.1) is 50.4 Å². The van der Waals surface area contributed by atoms with E-state index in [1.54, 1.807) is 17.9 Å². The molecule has 45 heavy (non-hydrogen) atoms. The van der Waals surface area contributed by atoms with Crippen LogP contribution in [0.4, 0.5) is 24.5 Å². The summed E-state index contributed by atoms with van der Waals surface area (Å²) in [4.78, 5) is 22.9. The minimum atomic E-state index is -4.62. The SMILES string of the molecule is [CH2-]CCC(=O)N(C[CH2-])CC(C)(C)CNC(=C\CCC)/C(=C\N=C(C)Nc1ccc(N2CCN(C)CC2)cc1CC)C(F)(F)F.[U+2]. The molecule has 2 N–H and O–H groups in total. The van der Waals surface area contributed by atoms with E-state index < -0.39 is 17.2 Å². The number of halogens is 3. The molecule has 2 rings (SSSR count). The molecule has 1 aromatic rings. The number of carbonyl (C=O) groups excluding carboxylic acids is 1. The van der Waals surface area contributed by atoms with Crippen molar-refractivity contribution in [1.29, 1.82) is 0 Å². The van der Waals surface area contributed by atoms with Gasteiger partial charge in [0.2, 0.25) is 5.91 Å². The number of unbranched alkanes of at least 4 members (excludes halogenated alkanes) is 1. The minimum Gasteiger partial charge on any atom is -0.384 e. The van der Waals surface area contributed by atoms with E-state index in [0.717, 1.165) is 55.7 Å². The van der Waals surface area contributed by atoms with E-state index in [4.69, 9.17) is 0 Å². The third-order valence-electron chi connectivity index (χ3n) is 7.66. The van der Waals surface area contributed by atoms with E-state index in [1.165, 1.54) is 0 Å². The number of amidine groups is 1. The first-order valence-corrected chi connectivity index (χ1v) is 15.7. The Morgan fingerprint density at radius 3 is 2.36 bits per heavy atom. The summed E-state index contributed by atoms with van der Waals surface area (Å²) < 4.78 is 43.2. The molecule has 250 valence electrons. The molecule has 1 saturated heterocycles. The first-order chi connectivity index (χ1) is 20.7. The summed E-state index contributed by atoms with van der Waals surface area (Å²) in [7, 11) is 2.12. The van der Waals surface area contributed by atoms with Gasteiger partial charge in [-0.2, -0.15) is 19.6 Å². The van der Waals surface area contributed by atoms with Crippen LogP contribution in [0.3, 0.4) is 0 Å². The van der Waals surface area contributed by atoms with Crippen molar-refractivity contribution in [2.75, 3.05) is 63.1 Å². The summed E-state index contributed by atoms with van der Waals surface area (Å²) in [5, 5.41) is 6.25. The van der Waals surface area contributed by atoms with Crippen molar-refractivity contribution in [2.45, 2.75) is 72.9 Å². The van der Waals surface area contributed by atoms with Gasteiger partial charge in [0.05, 0.1) is 5.57 Å². The molecule has 0 unspecified atom stereocenters. The monoisotopic (exact) mass is 856 g/mol. The molecule has 1 aliphatic rings. The molecule has 1 fully saturated rings. The van der Waals surface area contributed by atoms with E-state index in [1.807, 2.05) is 26.8 Å².